The molecule has 1 atom stereocenters. The molecule has 1 aromatic heterocycles. The number of rotatable bonds is 5. The van der Waals surface area contributed by atoms with Crippen LogP contribution in [0.1, 0.15) is 24.8 Å². The molecule has 0 amide bonds. The molecule has 2 heterocycles. The Balaban J connectivity index is 1.34. The van der Waals surface area contributed by atoms with E-state index in [0.717, 1.165) is 37.1 Å². The van der Waals surface area contributed by atoms with E-state index in [4.69, 9.17) is 27.9 Å². The van der Waals surface area contributed by atoms with E-state index < -0.39 is 5.60 Å². The van der Waals surface area contributed by atoms with Gasteiger partial charge in [0.05, 0.1) is 33.0 Å². The highest BCUT2D eigenvalue weighted by Gasteiger charge is 2.31. The first kappa shape index (κ1) is 19.5. The number of aliphatic hydroxyl groups is 1. The zero-order valence-corrected chi connectivity index (χ0v) is 17.0. The van der Waals surface area contributed by atoms with Crippen LogP contribution in [0.25, 0.3) is 11.0 Å². The van der Waals surface area contributed by atoms with Crippen molar-refractivity contribution in [2.45, 2.75) is 31.4 Å². The van der Waals surface area contributed by atoms with Crippen LogP contribution in [0.3, 0.4) is 0 Å². The predicted octanol–water partition coefficient (Wildman–Crippen LogP) is 4.67. The summed E-state index contributed by atoms with van der Waals surface area (Å²) in [5.74, 6) is 0.622. The Morgan fingerprint density at radius 2 is 2.00 bits per heavy atom. The van der Waals surface area contributed by atoms with Gasteiger partial charge in [0.15, 0.2) is 0 Å². The summed E-state index contributed by atoms with van der Waals surface area (Å²) >= 11 is 12.0. The summed E-state index contributed by atoms with van der Waals surface area (Å²) in [5, 5.41) is 12.0. The third kappa shape index (κ3) is 4.61. The van der Waals surface area contributed by atoms with Crippen LogP contribution >= 0.6 is 23.2 Å². The van der Waals surface area contributed by atoms with Crippen molar-refractivity contribution in [1.82, 2.24) is 14.9 Å². The van der Waals surface area contributed by atoms with Crippen molar-refractivity contribution in [2.75, 3.05) is 19.7 Å². The monoisotopic (exact) mass is 419 g/mol. The quantitative estimate of drug-likeness (QED) is 0.630. The molecule has 1 saturated heterocycles. The van der Waals surface area contributed by atoms with E-state index in [1.165, 1.54) is 5.56 Å². The molecule has 7 heteroatoms. The van der Waals surface area contributed by atoms with Crippen LogP contribution in [0.4, 0.5) is 0 Å². The third-order valence-electron chi connectivity index (χ3n) is 5.30. The molecule has 1 aliphatic rings. The molecule has 2 aromatic carbocycles. The van der Waals surface area contributed by atoms with Gasteiger partial charge in [0.1, 0.15) is 12.4 Å². The largest absolute Gasteiger partial charge is 0.491 e. The third-order valence-corrected chi connectivity index (χ3v) is 6.04. The lowest BCUT2D eigenvalue weighted by Gasteiger charge is -2.27. The van der Waals surface area contributed by atoms with E-state index in [1.54, 1.807) is 24.5 Å². The van der Waals surface area contributed by atoms with E-state index in [0.29, 0.717) is 28.6 Å². The van der Waals surface area contributed by atoms with Gasteiger partial charge < -0.3 is 14.8 Å². The number of ether oxygens (including phenoxy) is 1. The molecule has 0 aliphatic carbocycles. The molecule has 5 nitrogen and oxygen atoms in total. The molecule has 0 unspecified atom stereocenters. The second-order valence-electron chi connectivity index (χ2n) is 7.47. The number of aromatic nitrogens is 2. The van der Waals surface area contributed by atoms with Gasteiger partial charge in [0.25, 0.3) is 0 Å². The Labute approximate surface area is 174 Å². The first-order chi connectivity index (χ1) is 13.5. The van der Waals surface area contributed by atoms with Crippen LogP contribution in [0, 0.1) is 0 Å². The molecule has 0 saturated carbocycles. The molecule has 28 heavy (non-hydrogen) atoms. The normalized spacial score (nSPS) is 21.0. The number of benzene rings is 2. The molecule has 0 spiro atoms. The Kier molecular flexibility index (Phi) is 5.78. The zero-order chi connectivity index (χ0) is 19.6. The van der Waals surface area contributed by atoms with Crippen LogP contribution in [-0.4, -0.2) is 45.3 Å². The number of fused-ring (bicyclic) bond motifs is 1. The first-order valence-corrected chi connectivity index (χ1v) is 10.2. The summed E-state index contributed by atoms with van der Waals surface area (Å²) < 4.78 is 5.81. The summed E-state index contributed by atoms with van der Waals surface area (Å²) in [6.07, 6.45) is 4.02. The summed E-state index contributed by atoms with van der Waals surface area (Å²) in [7, 11) is 0. The molecule has 1 aliphatic heterocycles. The van der Waals surface area contributed by atoms with Gasteiger partial charge in [-0.05, 0) is 55.6 Å². The Morgan fingerprint density at radius 3 is 2.86 bits per heavy atom. The highest BCUT2D eigenvalue weighted by molar-refractivity contribution is 6.42. The van der Waals surface area contributed by atoms with Crippen LogP contribution < -0.4 is 4.74 Å². The van der Waals surface area contributed by atoms with E-state index in [9.17, 15) is 5.11 Å². The van der Waals surface area contributed by atoms with Gasteiger partial charge in [-0.15, -0.1) is 0 Å². The van der Waals surface area contributed by atoms with Crippen LogP contribution in [0.15, 0.2) is 42.7 Å². The lowest BCUT2D eigenvalue weighted by atomic mass is 9.96. The second kappa shape index (κ2) is 8.29. The maximum absolute atomic E-state index is 11.0. The fourth-order valence-electron chi connectivity index (χ4n) is 3.66. The van der Waals surface area contributed by atoms with Gasteiger partial charge in [-0.3, -0.25) is 4.90 Å². The standard InChI is InChI=1S/C21H23Cl2N3O2/c22-17-4-3-16(11-18(17)23)28-13-21(27)6-1-8-26(9-7-21)12-15-2-5-19-20(10-15)25-14-24-19/h2-5,10-11,14,27H,1,6-9,12-13H2,(H,24,25)/t21-/m0/s1. The van der Waals surface area contributed by atoms with Gasteiger partial charge in [0.2, 0.25) is 0 Å². The summed E-state index contributed by atoms with van der Waals surface area (Å²) in [5.41, 5.74) is 2.44. The zero-order valence-electron chi connectivity index (χ0n) is 15.5. The van der Waals surface area contributed by atoms with E-state index in [2.05, 4.69) is 27.0 Å². The number of H-pyrrole nitrogens is 1. The van der Waals surface area contributed by atoms with E-state index >= 15 is 0 Å². The summed E-state index contributed by atoms with van der Waals surface area (Å²) in [4.78, 5) is 9.81. The number of hydrogen-bond acceptors (Lipinski definition) is 4. The van der Waals surface area contributed by atoms with E-state index in [-0.39, 0.29) is 6.61 Å². The van der Waals surface area contributed by atoms with Gasteiger partial charge >= 0.3 is 0 Å². The van der Waals surface area contributed by atoms with Crippen molar-refractivity contribution in [3.8, 4) is 5.75 Å². The number of nitrogens with zero attached hydrogens (tertiary/aromatic N) is 2. The van der Waals surface area contributed by atoms with Gasteiger partial charge in [-0.1, -0.05) is 29.3 Å². The van der Waals surface area contributed by atoms with Crippen molar-refractivity contribution in [3.63, 3.8) is 0 Å². The minimum absolute atomic E-state index is 0.249. The second-order valence-corrected chi connectivity index (χ2v) is 8.29. The van der Waals surface area contributed by atoms with Crippen molar-refractivity contribution >= 4 is 34.2 Å². The van der Waals surface area contributed by atoms with Crippen LogP contribution in [0.5, 0.6) is 5.75 Å². The van der Waals surface area contributed by atoms with Crippen LogP contribution in [0.2, 0.25) is 10.0 Å². The highest BCUT2D eigenvalue weighted by atomic mass is 35.5. The van der Waals surface area contributed by atoms with Crippen molar-refractivity contribution in [2.24, 2.45) is 0 Å². The number of halogens is 2. The SMILES string of the molecule is O[C@@]1(COc2ccc(Cl)c(Cl)c2)CCCN(Cc2ccc3nc[nH]c3c2)CC1. The number of likely N-dealkylation sites (tertiary alicyclic amines) is 1. The van der Waals surface area contributed by atoms with Gasteiger partial charge in [0, 0.05) is 19.2 Å². The number of nitrogens with one attached hydrogen (secondary N) is 1. The van der Waals surface area contributed by atoms with Crippen molar-refractivity contribution in [3.05, 3.63) is 58.3 Å². The molecular weight excluding hydrogens is 397 g/mol. The molecule has 0 radical (unpaired) electrons. The van der Waals surface area contributed by atoms with E-state index in [1.807, 2.05) is 6.07 Å². The molecule has 1 fully saturated rings. The van der Waals surface area contributed by atoms with Crippen molar-refractivity contribution in [1.29, 1.82) is 0 Å². The first-order valence-electron chi connectivity index (χ1n) is 9.45. The Bertz CT molecular complexity index is 962. The minimum Gasteiger partial charge on any atom is -0.491 e. The lowest BCUT2D eigenvalue weighted by molar-refractivity contribution is -0.0168. The minimum atomic E-state index is -0.839. The molecular formula is C21H23Cl2N3O2. The maximum Gasteiger partial charge on any atom is 0.121 e. The highest BCUT2D eigenvalue weighted by Crippen LogP contribution is 2.29. The number of imidazole rings is 1. The molecule has 0 bridgehead atoms. The van der Waals surface area contributed by atoms with Gasteiger partial charge in [-0.2, -0.15) is 0 Å². The smallest absolute Gasteiger partial charge is 0.121 e. The van der Waals surface area contributed by atoms with Crippen molar-refractivity contribution < 1.29 is 9.84 Å². The fraction of sp³-hybridized carbons (Fsp3) is 0.381. The summed E-state index contributed by atoms with van der Waals surface area (Å²) in [6.45, 7) is 2.88. The topological polar surface area (TPSA) is 61.4 Å². The Morgan fingerprint density at radius 1 is 1.11 bits per heavy atom. The maximum atomic E-state index is 11.0. The van der Waals surface area contributed by atoms with Crippen LogP contribution in [-0.2, 0) is 6.54 Å². The fourth-order valence-corrected chi connectivity index (χ4v) is 3.95. The van der Waals surface area contributed by atoms with Gasteiger partial charge in [-0.25, -0.2) is 4.98 Å². The molecule has 148 valence electrons. The predicted molar refractivity (Wildman–Crippen MR) is 112 cm³/mol. The Hall–Kier alpha value is -1.79. The average Bonchev–Trinajstić information content (AvgIpc) is 3.07. The molecule has 3 aromatic rings. The average molecular weight is 420 g/mol. The number of hydrogen-bond donors (Lipinski definition) is 2. The lowest BCUT2D eigenvalue weighted by Crippen LogP contribution is -2.37. The number of aromatic amines is 1. The molecule has 2 N–H and O–H groups in total. The molecule has 4 rings (SSSR count). The summed E-state index contributed by atoms with van der Waals surface area (Å²) in [6, 6.07) is 11.5.